The first-order valence-corrected chi connectivity index (χ1v) is 8.77. The molecule has 0 bridgehead atoms. The predicted molar refractivity (Wildman–Crippen MR) is 100.0 cm³/mol. The number of alkyl halides is 3. The molecule has 0 amide bonds. The Balaban J connectivity index is 2.00. The molecule has 0 aliphatic carbocycles. The number of hydrogen-bond acceptors (Lipinski definition) is 1. The third-order valence-corrected chi connectivity index (χ3v) is 4.77. The average molecular weight is 390 g/mol. The van der Waals surface area contributed by atoms with Crippen molar-refractivity contribution in [1.29, 1.82) is 0 Å². The molecule has 0 saturated heterocycles. The molecule has 2 aromatic carbocycles. The number of aromatic nitrogens is 1. The SMILES string of the molecule is FC(F)(F)CC(c1ccco1)c1c(-c2ccccc2)[nH]c2cc(Cl)ccc12. The summed E-state index contributed by atoms with van der Waals surface area (Å²) in [5.74, 6) is -0.689. The highest BCUT2D eigenvalue weighted by atomic mass is 35.5. The lowest BCUT2D eigenvalue weighted by atomic mass is 9.88. The molecule has 1 atom stereocenters. The molecule has 1 unspecified atom stereocenters. The van der Waals surface area contributed by atoms with Gasteiger partial charge >= 0.3 is 6.18 Å². The van der Waals surface area contributed by atoms with E-state index in [1.54, 1.807) is 30.3 Å². The molecule has 138 valence electrons. The van der Waals surface area contributed by atoms with Gasteiger partial charge < -0.3 is 9.40 Å². The maximum Gasteiger partial charge on any atom is 0.390 e. The van der Waals surface area contributed by atoms with Crippen molar-refractivity contribution in [2.24, 2.45) is 0 Å². The fraction of sp³-hybridized carbons (Fsp3) is 0.143. The fourth-order valence-electron chi connectivity index (χ4n) is 3.45. The maximum atomic E-state index is 13.4. The zero-order valence-electron chi connectivity index (χ0n) is 14.1. The standard InChI is InChI=1S/C21H15ClF3NO/c22-14-8-9-15-17(11-14)26-20(13-5-2-1-3-6-13)19(15)16(12-21(23,24)25)18-7-4-10-27-18/h1-11,16,26H,12H2. The summed E-state index contributed by atoms with van der Waals surface area (Å²) in [6.45, 7) is 0. The molecule has 0 spiro atoms. The van der Waals surface area contributed by atoms with E-state index in [9.17, 15) is 13.2 Å². The van der Waals surface area contributed by atoms with E-state index >= 15 is 0 Å². The van der Waals surface area contributed by atoms with Crippen LogP contribution in [0.4, 0.5) is 13.2 Å². The second kappa shape index (κ2) is 6.82. The van der Waals surface area contributed by atoms with Gasteiger partial charge in [0.1, 0.15) is 5.76 Å². The van der Waals surface area contributed by atoms with Gasteiger partial charge in [0.05, 0.1) is 24.3 Å². The van der Waals surface area contributed by atoms with Gasteiger partial charge in [0.25, 0.3) is 0 Å². The van der Waals surface area contributed by atoms with Crippen LogP contribution in [0.1, 0.15) is 23.7 Å². The molecule has 2 nitrogen and oxygen atoms in total. The zero-order chi connectivity index (χ0) is 19.0. The van der Waals surface area contributed by atoms with Crippen LogP contribution in [0.5, 0.6) is 0 Å². The maximum absolute atomic E-state index is 13.4. The summed E-state index contributed by atoms with van der Waals surface area (Å²) in [6.07, 6.45) is -3.97. The van der Waals surface area contributed by atoms with E-state index in [1.165, 1.54) is 6.26 Å². The van der Waals surface area contributed by atoms with Crippen molar-refractivity contribution < 1.29 is 17.6 Å². The minimum atomic E-state index is -4.35. The summed E-state index contributed by atoms with van der Waals surface area (Å²) in [6, 6.07) is 17.6. The van der Waals surface area contributed by atoms with E-state index < -0.39 is 18.5 Å². The number of fused-ring (bicyclic) bond motifs is 1. The van der Waals surface area contributed by atoms with Crippen LogP contribution < -0.4 is 0 Å². The minimum Gasteiger partial charge on any atom is -0.469 e. The average Bonchev–Trinajstić information content (AvgIpc) is 3.27. The number of nitrogens with one attached hydrogen (secondary N) is 1. The van der Waals surface area contributed by atoms with Gasteiger partial charge in [-0.05, 0) is 35.4 Å². The molecule has 0 aliphatic rings. The lowest BCUT2D eigenvalue weighted by Gasteiger charge is -2.18. The van der Waals surface area contributed by atoms with Crippen LogP contribution in [0, 0.1) is 0 Å². The van der Waals surface area contributed by atoms with Crippen molar-refractivity contribution in [3.8, 4) is 11.3 Å². The zero-order valence-corrected chi connectivity index (χ0v) is 14.8. The first kappa shape index (κ1) is 17.7. The van der Waals surface area contributed by atoms with Gasteiger partial charge in [-0.3, -0.25) is 0 Å². The molecule has 0 fully saturated rings. The summed E-state index contributed by atoms with van der Waals surface area (Å²) in [4.78, 5) is 3.26. The van der Waals surface area contributed by atoms with Crippen LogP contribution in [-0.2, 0) is 0 Å². The Labute approximate surface area is 158 Å². The fourth-order valence-corrected chi connectivity index (χ4v) is 3.62. The normalized spacial score (nSPS) is 13.2. The van der Waals surface area contributed by atoms with Gasteiger partial charge in [-0.25, -0.2) is 0 Å². The number of hydrogen-bond donors (Lipinski definition) is 1. The van der Waals surface area contributed by atoms with E-state index in [1.807, 2.05) is 30.3 Å². The molecule has 4 aromatic rings. The number of aromatic amines is 1. The van der Waals surface area contributed by atoms with Crippen LogP contribution >= 0.6 is 11.6 Å². The molecule has 0 radical (unpaired) electrons. The van der Waals surface area contributed by atoms with Crippen LogP contribution in [0.3, 0.4) is 0 Å². The monoisotopic (exact) mass is 389 g/mol. The first-order chi connectivity index (χ1) is 12.9. The van der Waals surface area contributed by atoms with Crippen molar-refractivity contribution >= 4 is 22.5 Å². The van der Waals surface area contributed by atoms with Crippen molar-refractivity contribution in [2.45, 2.75) is 18.5 Å². The van der Waals surface area contributed by atoms with Crippen LogP contribution in [-0.4, -0.2) is 11.2 Å². The number of furan rings is 1. The predicted octanol–water partition coefficient (Wildman–Crippen LogP) is 7.17. The van der Waals surface area contributed by atoms with E-state index in [0.717, 1.165) is 5.56 Å². The lowest BCUT2D eigenvalue weighted by molar-refractivity contribution is -0.137. The van der Waals surface area contributed by atoms with Gasteiger partial charge in [0.15, 0.2) is 0 Å². The summed E-state index contributed by atoms with van der Waals surface area (Å²) in [5.41, 5.74) is 2.69. The van der Waals surface area contributed by atoms with Crippen LogP contribution in [0.25, 0.3) is 22.2 Å². The van der Waals surface area contributed by atoms with Crippen LogP contribution in [0.15, 0.2) is 71.3 Å². The van der Waals surface area contributed by atoms with Gasteiger partial charge in [-0.15, -0.1) is 0 Å². The quantitative estimate of drug-likeness (QED) is 0.394. The highest BCUT2D eigenvalue weighted by Gasteiger charge is 2.37. The Hall–Kier alpha value is -2.66. The van der Waals surface area contributed by atoms with E-state index in [-0.39, 0.29) is 5.76 Å². The van der Waals surface area contributed by atoms with E-state index in [4.69, 9.17) is 16.0 Å². The summed E-state index contributed by atoms with van der Waals surface area (Å²) >= 11 is 6.09. The molecule has 2 aromatic heterocycles. The molecular weight excluding hydrogens is 375 g/mol. The number of H-pyrrole nitrogens is 1. The smallest absolute Gasteiger partial charge is 0.390 e. The molecule has 6 heteroatoms. The molecular formula is C21H15ClF3NO. The molecule has 2 heterocycles. The van der Waals surface area contributed by atoms with Gasteiger partial charge in [-0.1, -0.05) is 48.0 Å². The Kier molecular flexibility index (Phi) is 4.48. The molecule has 0 saturated carbocycles. The van der Waals surface area contributed by atoms with E-state index in [0.29, 0.717) is 27.2 Å². The minimum absolute atomic E-state index is 0.278. The Morgan fingerprint density at radius 3 is 2.44 bits per heavy atom. The Bertz CT molecular complexity index is 1050. The van der Waals surface area contributed by atoms with Gasteiger partial charge in [0, 0.05) is 15.9 Å². The van der Waals surface area contributed by atoms with Crippen molar-refractivity contribution in [3.05, 3.63) is 83.3 Å². The molecule has 1 N–H and O–H groups in total. The third kappa shape index (κ3) is 3.60. The Morgan fingerprint density at radius 2 is 1.78 bits per heavy atom. The highest BCUT2D eigenvalue weighted by molar-refractivity contribution is 6.31. The second-order valence-electron chi connectivity index (χ2n) is 6.36. The van der Waals surface area contributed by atoms with Crippen molar-refractivity contribution in [3.63, 3.8) is 0 Å². The van der Waals surface area contributed by atoms with Crippen LogP contribution in [0.2, 0.25) is 5.02 Å². The largest absolute Gasteiger partial charge is 0.469 e. The first-order valence-electron chi connectivity index (χ1n) is 8.39. The number of benzene rings is 2. The number of rotatable bonds is 4. The van der Waals surface area contributed by atoms with Gasteiger partial charge in [-0.2, -0.15) is 13.2 Å². The highest BCUT2D eigenvalue weighted by Crippen LogP contribution is 2.44. The molecule has 0 aliphatic heterocycles. The Morgan fingerprint density at radius 1 is 1.00 bits per heavy atom. The molecule has 27 heavy (non-hydrogen) atoms. The second-order valence-corrected chi connectivity index (χ2v) is 6.79. The summed E-state index contributed by atoms with van der Waals surface area (Å²) < 4.78 is 45.6. The van der Waals surface area contributed by atoms with Crippen molar-refractivity contribution in [2.75, 3.05) is 0 Å². The topological polar surface area (TPSA) is 28.9 Å². The van der Waals surface area contributed by atoms with E-state index in [2.05, 4.69) is 4.98 Å². The third-order valence-electron chi connectivity index (χ3n) is 4.53. The van der Waals surface area contributed by atoms with Crippen molar-refractivity contribution in [1.82, 2.24) is 4.98 Å². The lowest BCUT2D eigenvalue weighted by Crippen LogP contribution is -2.15. The summed E-state index contributed by atoms with van der Waals surface area (Å²) in [5, 5.41) is 1.21. The number of halogens is 4. The molecule has 4 rings (SSSR count). The summed E-state index contributed by atoms with van der Waals surface area (Å²) in [7, 11) is 0. The van der Waals surface area contributed by atoms with Gasteiger partial charge in [0.2, 0.25) is 0 Å².